The summed E-state index contributed by atoms with van der Waals surface area (Å²) in [5, 5.41) is 2.50. The van der Waals surface area contributed by atoms with Crippen molar-refractivity contribution >= 4 is 23.4 Å². The maximum absolute atomic E-state index is 13.2. The fourth-order valence-electron chi connectivity index (χ4n) is 3.09. The van der Waals surface area contributed by atoms with Crippen molar-refractivity contribution in [3.8, 4) is 0 Å². The molecule has 0 radical (unpaired) electrons. The first kappa shape index (κ1) is 20.4. The van der Waals surface area contributed by atoms with Crippen LogP contribution in [-0.2, 0) is 16.1 Å². The van der Waals surface area contributed by atoms with Gasteiger partial charge in [-0.15, -0.1) is 0 Å². The molecule has 0 aromatic heterocycles. The molecule has 3 amide bonds. The molecule has 3 rings (SSSR count). The molecule has 0 saturated carbocycles. The van der Waals surface area contributed by atoms with E-state index in [1.807, 2.05) is 13.8 Å². The Bertz CT molecular complexity index is 945. The third kappa shape index (κ3) is 4.59. The van der Waals surface area contributed by atoms with Gasteiger partial charge in [0, 0.05) is 43.0 Å². The van der Waals surface area contributed by atoms with E-state index in [0.717, 1.165) is 17.7 Å². The number of carbonyl (C=O) groups is 3. The van der Waals surface area contributed by atoms with Gasteiger partial charge in [-0.05, 0) is 43.7 Å². The number of rotatable bonds is 5. The van der Waals surface area contributed by atoms with Crippen LogP contribution in [0.4, 0.5) is 14.5 Å². The molecule has 0 unspecified atom stereocenters. The first-order valence-corrected chi connectivity index (χ1v) is 9.21. The zero-order valence-corrected chi connectivity index (χ0v) is 16.1. The molecule has 0 atom stereocenters. The SMILES string of the molecule is CC(C)N1CCN(Cc2ccc(C(=O)Nc3ccc(F)c(F)c3)cc2)C(=O)C1=O. The van der Waals surface area contributed by atoms with Crippen molar-refractivity contribution in [1.82, 2.24) is 9.80 Å². The lowest BCUT2D eigenvalue weighted by Crippen LogP contribution is -2.55. The van der Waals surface area contributed by atoms with Gasteiger partial charge in [0.25, 0.3) is 5.91 Å². The van der Waals surface area contributed by atoms with Crippen molar-refractivity contribution in [3.63, 3.8) is 0 Å². The number of nitrogens with one attached hydrogen (secondary N) is 1. The molecule has 1 aliphatic heterocycles. The number of nitrogens with zero attached hydrogens (tertiary/aromatic N) is 2. The van der Waals surface area contributed by atoms with Crippen molar-refractivity contribution in [1.29, 1.82) is 0 Å². The van der Waals surface area contributed by atoms with E-state index < -0.39 is 29.4 Å². The van der Waals surface area contributed by atoms with E-state index in [-0.39, 0.29) is 18.3 Å². The minimum Gasteiger partial charge on any atom is -0.330 e. The van der Waals surface area contributed by atoms with Crippen molar-refractivity contribution in [2.24, 2.45) is 0 Å². The number of piperazine rings is 1. The third-order valence-corrected chi connectivity index (χ3v) is 4.73. The van der Waals surface area contributed by atoms with Crippen LogP contribution in [0.25, 0.3) is 0 Å². The molecule has 1 aliphatic rings. The first-order valence-electron chi connectivity index (χ1n) is 9.21. The van der Waals surface area contributed by atoms with Gasteiger partial charge in [0.1, 0.15) is 0 Å². The topological polar surface area (TPSA) is 69.7 Å². The average molecular weight is 401 g/mol. The predicted molar refractivity (Wildman–Crippen MR) is 103 cm³/mol. The lowest BCUT2D eigenvalue weighted by molar-refractivity contribution is -0.157. The quantitative estimate of drug-likeness (QED) is 0.784. The molecule has 6 nitrogen and oxygen atoms in total. The highest BCUT2D eigenvalue weighted by molar-refractivity contribution is 6.35. The molecular weight excluding hydrogens is 380 g/mol. The van der Waals surface area contributed by atoms with Gasteiger partial charge in [-0.25, -0.2) is 8.78 Å². The summed E-state index contributed by atoms with van der Waals surface area (Å²) < 4.78 is 26.2. The number of carbonyl (C=O) groups excluding carboxylic acids is 3. The minimum atomic E-state index is -1.05. The number of anilines is 1. The van der Waals surface area contributed by atoms with Gasteiger partial charge in [0.15, 0.2) is 11.6 Å². The van der Waals surface area contributed by atoms with Gasteiger partial charge < -0.3 is 15.1 Å². The maximum atomic E-state index is 13.2. The van der Waals surface area contributed by atoms with Crippen LogP contribution in [-0.4, -0.2) is 46.7 Å². The third-order valence-electron chi connectivity index (χ3n) is 4.73. The van der Waals surface area contributed by atoms with Crippen molar-refractivity contribution in [2.75, 3.05) is 18.4 Å². The number of halogens is 2. The van der Waals surface area contributed by atoms with Crippen LogP contribution in [0.15, 0.2) is 42.5 Å². The Kier molecular flexibility index (Phi) is 5.91. The highest BCUT2D eigenvalue weighted by atomic mass is 19.2. The maximum Gasteiger partial charge on any atom is 0.312 e. The number of benzene rings is 2. The summed E-state index contributed by atoms with van der Waals surface area (Å²) in [6.07, 6.45) is 0. The largest absolute Gasteiger partial charge is 0.330 e. The fourth-order valence-corrected chi connectivity index (χ4v) is 3.09. The zero-order chi connectivity index (χ0) is 21.1. The van der Waals surface area contributed by atoms with Gasteiger partial charge in [-0.3, -0.25) is 14.4 Å². The number of hydrogen-bond acceptors (Lipinski definition) is 3. The summed E-state index contributed by atoms with van der Waals surface area (Å²) >= 11 is 0. The second-order valence-corrected chi connectivity index (χ2v) is 7.10. The van der Waals surface area contributed by atoms with Gasteiger partial charge in [0.05, 0.1) is 0 Å². The van der Waals surface area contributed by atoms with E-state index in [0.29, 0.717) is 18.7 Å². The monoisotopic (exact) mass is 401 g/mol. The second-order valence-electron chi connectivity index (χ2n) is 7.10. The molecule has 29 heavy (non-hydrogen) atoms. The minimum absolute atomic E-state index is 0.0269. The standard InChI is InChI=1S/C21H21F2N3O3/c1-13(2)26-10-9-25(20(28)21(26)29)12-14-3-5-15(6-4-14)19(27)24-16-7-8-17(22)18(23)11-16/h3-8,11,13H,9-10,12H2,1-2H3,(H,24,27). The average Bonchev–Trinajstić information content (AvgIpc) is 2.68. The van der Waals surface area contributed by atoms with Crippen molar-refractivity contribution < 1.29 is 23.2 Å². The Morgan fingerprint density at radius 1 is 1.00 bits per heavy atom. The Balaban J connectivity index is 1.63. The van der Waals surface area contributed by atoms with E-state index >= 15 is 0 Å². The van der Waals surface area contributed by atoms with Crippen LogP contribution < -0.4 is 5.32 Å². The second kappa shape index (κ2) is 8.38. The molecule has 1 saturated heterocycles. The Morgan fingerprint density at radius 2 is 1.69 bits per heavy atom. The molecule has 0 spiro atoms. The lowest BCUT2D eigenvalue weighted by atomic mass is 10.1. The van der Waals surface area contributed by atoms with E-state index in [4.69, 9.17) is 0 Å². The van der Waals surface area contributed by atoms with Crippen LogP contribution in [0.2, 0.25) is 0 Å². The fraction of sp³-hybridized carbons (Fsp3) is 0.286. The molecule has 1 heterocycles. The molecule has 2 aromatic carbocycles. The van der Waals surface area contributed by atoms with Crippen LogP contribution in [0.3, 0.4) is 0 Å². The number of hydrogen-bond donors (Lipinski definition) is 1. The summed E-state index contributed by atoms with van der Waals surface area (Å²) in [5.41, 5.74) is 1.24. The van der Waals surface area contributed by atoms with Crippen LogP contribution in [0.1, 0.15) is 29.8 Å². The summed E-state index contributed by atoms with van der Waals surface area (Å²) in [7, 11) is 0. The Labute approximate surface area is 167 Å². The molecule has 0 bridgehead atoms. The summed E-state index contributed by atoms with van der Waals surface area (Å²) in [6, 6.07) is 9.60. The molecule has 152 valence electrons. The van der Waals surface area contributed by atoms with E-state index in [2.05, 4.69) is 5.32 Å². The lowest BCUT2D eigenvalue weighted by Gasteiger charge is -2.36. The summed E-state index contributed by atoms with van der Waals surface area (Å²) in [6.45, 7) is 4.93. The van der Waals surface area contributed by atoms with Crippen LogP contribution in [0.5, 0.6) is 0 Å². The highest BCUT2D eigenvalue weighted by Crippen LogP contribution is 2.16. The van der Waals surface area contributed by atoms with Crippen molar-refractivity contribution in [3.05, 3.63) is 65.2 Å². The summed E-state index contributed by atoms with van der Waals surface area (Å²) in [4.78, 5) is 39.7. The predicted octanol–water partition coefficient (Wildman–Crippen LogP) is 2.80. The molecular formula is C21H21F2N3O3. The molecule has 1 N–H and O–H groups in total. The molecule has 2 aromatic rings. The van der Waals surface area contributed by atoms with E-state index in [1.165, 1.54) is 11.0 Å². The van der Waals surface area contributed by atoms with Gasteiger partial charge in [0.2, 0.25) is 0 Å². The normalized spacial score (nSPS) is 14.5. The van der Waals surface area contributed by atoms with Crippen molar-refractivity contribution in [2.45, 2.75) is 26.4 Å². The van der Waals surface area contributed by atoms with Crippen LogP contribution in [0, 0.1) is 11.6 Å². The van der Waals surface area contributed by atoms with Gasteiger partial charge in [-0.2, -0.15) is 0 Å². The van der Waals surface area contributed by atoms with Gasteiger partial charge >= 0.3 is 11.8 Å². The number of amides is 3. The van der Waals surface area contributed by atoms with E-state index in [9.17, 15) is 23.2 Å². The zero-order valence-electron chi connectivity index (χ0n) is 16.1. The summed E-state index contributed by atoms with van der Waals surface area (Å²) in [5.74, 6) is -3.55. The smallest absolute Gasteiger partial charge is 0.312 e. The van der Waals surface area contributed by atoms with E-state index in [1.54, 1.807) is 29.2 Å². The van der Waals surface area contributed by atoms with Crippen LogP contribution >= 0.6 is 0 Å². The molecule has 0 aliphatic carbocycles. The van der Waals surface area contributed by atoms with Gasteiger partial charge in [-0.1, -0.05) is 12.1 Å². The Hall–Kier alpha value is -3.29. The molecule has 8 heteroatoms. The first-order chi connectivity index (χ1) is 13.8. The molecule has 1 fully saturated rings. The highest BCUT2D eigenvalue weighted by Gasteiger charge is 2.33. The Morgan fingerprint density at radius 3 is 2.31 bits per heavy atom.